The molecule has 2 aromatic carbocycles. The molecule has 0 aliphatic heterocycles. The minimum Gasteiger partial charge on any atom is -0.325 e. The van der Waals surface area contributed by atoms with E-state index in [9.17, 15) is 53.9 Å². The van der Waals surface area contributed by atoms with Gasteiger partial charge in [-0.05, 0) is 30.3 Å². The van der Waals surface area contributed by atoms with Crippen LogP contribution in [-0.4, -0.2) is 34.7 Å². The lowest BCUT2D eigenvalue weighted by Gasteiger charge is -2.11. The van der Waals surface area contributed by atoms with Crippen LogP contribution in [0.15, 0.2) is 52.3 Å². The molecule has 2 aromatic rings. The largest absolute Gasteiger partial charge is 0.475 e. The molecule has 1 N–H and O–H groups in total. The lowest BCUT2D eigenvalue weighted by Crippen LogP contribution is -2.24. The Hall–Kier alpha value is -3.01. The fraction of sp³-hybridized carbons (Fsp3) is 0.188. The number of nitrogens with zero attached hydrogens (tertiary/aromatic N) is 1. The fourth-order valence-electron chi connectivity index (χ4n) is 2.37. The zero-order valence-corrected chi connectivity index (χ0v) is 16.9. The van der Waals surface area contributed by atoms with Gasteiger partial charge in [0.15, 0.2) is 20.6 Å². The van der Waals surface area contributed by atoms with Crippen LogP contribution in [0, 0.1) is 10.1 Å². The van der Waals surface area contributed by atoms with Crippen molar-refractivity contribution in [2.75, 3.05) is 11.1 Å². The SMILES string of the molecule is O=C(CS(=O)(=O)c1ccc(S(=O)C(F)(F)F)cc1[N+](=O)[O-])Nc1cccc(C(F)(F)F)c1. The van der Waals surface area contributed by atoms with E-state index in [-0.39, 0.29) is 6.07 Å². The third-order valence-corrected chi connectivity index (χ3v) is 6.44. The molecule has 0 bridgehead atoms. The molecule has 0 fully saturated rings. The number of nitro benzene ring substituents is 1. The number of alkyl halides is 6. The Balaban J connectivity index is 2.33. The summed E-state index contributed by atoms with van der Waals surface area (Å²) in [7, 11) is -8.51. The van der Waals surface area contributed by atoms with Crippen molar-refractivity contribution < 1.29 is 48.7 Å². The van der Waals surface area contributed by atoms with Gasteiger partial charge >= 0.3 is 11.7 Å². The Morgan fingerprint density at radius 2 is 1.69 bits per heavy atom. The number of rotatable bonds is 6. The van der Waals surface area contributed by atoms with E-state index in [0.717, 1.165) is 12.1 Å². The standard InChI is InChI=1S/C16H10F6N2O6S2/c17-15(18,19)9-2-1-3-10(6-9)23-14(25)8-32(29,30)13-5-4-11(7-12(13)24(26)27)31(28)16(20,21)22/h1-7H,8H2,(H,23,25). The molecular weight excluding hydrogens is 494 g/mol. The zero-order valence-electron chi connectivity index (χ0n) is 15.2. The number of carbonyl (C=O) groups excluding carboxylic acids is 1. The van der Waals surface area contributed by atoms with Crippen LogP contribution in [-0.2, 0) is 31.6 Å². The van der Waals surface area contributed by atoms with E-state index in [0.29, 0.717) is 24.3 Å². The summed E-state index contributed by atoms with van der Waals surface area (Å²) in [6.07, 6.45) is -4.74. The Morgan fingerprint density at radius 3 is 2.22 bits per heavy atom. The second-order valence-electron chi connectivity index (χ2n) is 5.99. The topological polar surface area (TPSA) is 123 Å². The molecule has 0 radical (unpaired) electrons. The van der Waals surface area contributed by atoms with Gasteiger partial charge < -0.3 is 5.32 Å². The Labute approximate surface area is 177 Å². The number of halogens is 6. The summed E-state index contributed by atoms with van der Waals surface area (Å²) in [5, 5.41) is 13.0. The van der Waals surface area contributed by atoms with Gasteiger partial charge in [-0.2, -0.15) is 26.3 Å². The molecule has 0 aliphatic carbocycles. The van der Waals surface area contributed by atoms with Crippen molar-refractivity contribution in [3.05, 3.63) is 58.1 Å². The monoisotopic (exact) mass is 504 g/mol. The Morgan fingerprint density at radius 1 is 1.06 bits per heavy atom. The third-order valence-electron chi connectivity index (χ3n) is 3.68. The summed E-state index contributed by atoms with van der Waals surface area (Å²) in [4.78, 5) is 19.6. The molecule has 2 rings (SSSR count). The van der Waals surface area contributed by atoms with Crippen molar-refractivity contribution in [1.29, 1.82) is 0 Å². The van der Waals surface area contributed by atoms with Gasteiger partial charge in [0.05, 0.1) is 15.4 Å². The van der Waals surface area contributed by atoms with E-state index in [4.69, 9.17) is 0 Å². The Kier molecular flexibility index (Phi) is 6.99. The van der Waals surface area contributed by atoms with Gasteiger partial charge in [-0.15, -0.1) is 0 Å². The smallest absolute Gasteiger partial charge is 0.325 e. The van der Waals surface area contributed by atoms with Gasteiger partial charge in [-0.1, -0.05) is 6.07 Å². The maximum absolute atomic E-state index is 12.7. The summed E-state index contributed by atoms with van der Waals surface area (Å²) < 4.78 is 112. The van der Waals surface area contributed by atoms with Crippen molar-refractivity contribution in [3.8, 4) is 0 Å². The maximum atomic E-state index is 12.7. The van der Waals surface area contributed by atoms with Crippen molar-refractivity contribution in [2.45, 2.75) is 21.5 Å². The van der Waals surface area contributed by atoms with Crippen molar-refractivity contribution in [2.24, 2.45) is 0 Å². The average Bonchev–Trinajstić information content (AvgIpc) is 2.65. The van der Waals surface area contributed by atoms with Crippen LogP contribution in [0.2, 0.25) is 0 Å². The summed E-state index contributed by atoms with van der Waals surface area (Å²) in [6.45, 7) is 0. The van der Waals surface area contributed by atoms with Gasteiger partial charge in [0, 0.05) is 11.8 Å². The lowest BCUT2D eigenvalue weighted by atomic mass is 10.2. The molecule has 0 saturated heterocycles. The maximum Gasteiger partial charge on any atom is 0.475 e. The van der Waals surface area contributed by atoms with Gasteiger partial charge in [-0.25, -0.2) is 12.6 Å². The van der Waals surface area contributed by atoms with Gasteiger partial charge in [-0.3, -0.25) is 14.9 Å². The van der Waals surface area contributed by atoms with E-state index >= 15 is 0 Å². The van der Waals surface area contributed by atoms with E-state index in [1.807, 2.05) is 5.32 Å². The molecule has 174 valence electrons. The van der Waals surface area contributed by atoms with Crippen LogP contribution in [0.1, 0.15) is 5.56 Å². The fourth-order valence-corrected chi connectivity index (χ4v) is 4.35. The normalized spacial score (nSPS) is 13.4. The number of benzene rings is 2. The van der Waals surface area contributed by atoms with Crippen molar-refractivity contribution >= 4 is 37.9 Å². The Bertz CT molecular complexity index is 1190. The van der Waals surface area contributed by atoms with Crippen LogP contribution in [0.25, 0.3) is 0 Å². The van der Waals surface area contributed by atoms with Crippen LogP contribution >= 0.6 is 0 Å². The highest BCUT2D eigenvalue weighted by atomic mass is 32.2. The molecule has 0 saturated carbocycles. The second-order valence-corrected chi connectivity index (χ2v) is 9.42. The molecule has 0 spiro atoms. The lowest BCUT2D eigenvalue weighted by molar-refractivity contribution is -0.388. The van der Waals surface area contributed by atoms with Crippen molar-refractivity contribution in [3.63, 3.8) is 0 Å². The number of hydrogen-bond acceptors (Lipinski definition) is 6. The van der Waals surface area contributed by atoms with E-state index in [1.54, 1.807) is 0 Å². The van der Waals surface area contributed by atoms with E-state index in [1.165, 1.54) is 0 Å². The zero-order chi connectivity index (χ0) is 24.5. The first-order valence-corrected chi connectivity index (χ1v) is 10.8. The molecule has 0 aromatic heterocycles. The highest BCUT2D eigenvalue weighted by molar-refractivity contribution is 7.92. The summed E-state index contributed by atoms with van der Waals surface area (Å²) in [5.41, 5.74) is -8.17. The first-order chi connectivity index (χ1) is 14.5. The third kappa shape index (κ3) is 6.03. The molecule has 8 nitrogen and oxygen atoms in total. The van der Waals surface area contributed by atoms with Crippen LogP contribution in [0.5, 0.6) is 0 Å². The van der Waals surface area contributed by atoms with Crippen LogP contribution in [0.3, 0.4) is 0 Å². The molecule has 1 atom stereocenters. The van der Waals surface area contributed by atoms with Crippen LogP contribution in [0.4, 0.5) is 37.7 Å². The number of hydrogen-bond donors (Lipinski definition) is 1. The molecule has 16 heteroatoms. The second kappa shape index (κ2) is 8.85. The summed E-state index contributed by atoms with van der Waals surface area (Å²) in [6, 6.07) is 4.18. The number of amides is 1. The quantitative estimate of drug-likeness (QED) is 0.364. The predicted molar refractivity (Wildman–Crippen MR) is 97.7 cm³/mol. The highest BCUT2D eigenvalue weighted by Gasteiger charge is 2.39. The molecule has 0 heterocycles. The molecule has 32 heavy (non-hydrogen) atoms. The number of anilines is 1. The number of nitro groups is 1. The van der Waals surface area contributed by atoms with Gasteiger partial charge in [0.1, 0.15) is 10.6 Å². The summed E-state index contributed by atoms with van der Waals surface area (Å²) >= 11 is 0. The van der Waals surface area contributed by atoms with Gasteiger partial charge in [0.2, 0.25) is 5.91 Å². The van der Waals surface area contributed by atoms with E-state index in [2.05, 4.69) is 0 Å². The molecular formula is C16H10F6N2O6S2. The molecule has 1 amide bonds. The number of sulfone groups is 1. The number of nitrogens with one attached hydrogen (secondary N) is 1. The van der Waals surface area contributed by atoms with Crippen molar-refractivity contribution in [1.82, 2.24) is 0 Å². The van der Waals surface area contributed by atoms with E-state index < -0.39 is 75.6 Å². The van der Waals surface area contributed by atoms with Crippen LogP contribution < -0.4 is 5.32 Å². The highest BCUT2D eigenvalue weighted by Crippen LogP contribution is 2.33. The molecule has 1 unspecified atom stereocenters. The first-order valence-electron chi connectivity index (χ1n) is 7.99. The minimum absolute atomic E-state index is 0.154. The average molecular weight is 504 g/mol. The minimum atomic E-state index is -5.26. The predicted octanol–water partition coefficient (Wildman–Crippen LogP) is 3.65. The first kappa shape index (κ1) is 25.3. The number of carbonyl (C=O) groups is 1. The summed E-state index contributed by atoms with van der Waals surface area (Å²) in [5.74, 6) is -2.83. The van der Waals surface area contributed by atoms with Gasteiger partial charge in [0.25, 0.3) is 5.69 Å². The molecule has 0 aliphatic rings.